The van der Waals surface area contributed by atoms with Gasteiger partial charge < -0.3 is 0 Å². The van der Waals surface area contributed by atoms with E-state index >= 15 is 0 Å². The van der Waals surface area contributed by atoms with E-state index in [0.717, 1.165) is 4.90 Å². The van der Waals surface area contributed by atoms with Gasteiger partial charge in [-0.05, 0) is 48.1 Å². The maximum atomic E-state index is 12.5. The van der Waals surface area contributed by atoms with E-state index in [2.05, 4.69) is 0 Å². The Kier molecular flexibility index (Phi) is 6.25. The third-order valence-electron chi connectivity index (χ3n) is 3.86. The van der Waals surface area contributed by atoms with Crippen molar-refractivity contribution in [3.05, 3.63) is 64.7 Å². The Morgan fingerprint density at radius 3 is 1.71 bits per heavy atom. The van der Waals surface area contributed by atoms with E-state index in [1.165, 1.54) is 0 Å². The van der Waals surface area contributed by atoms with Gasteiger partial charge in [0, 0.05) is 33.9 Å². The van der Waals surface area contributed by atoms with E-state index in [1.54, 1.807) is 36.0 Å². The van der Waals surface area contributed by atoms with Crippen molar-refractivity contribution < 1.29 is 9.59 Å². The molecule has 0 atom stereocenters. The van der Waals surface area contributed by atoms with Crippen molar-refractivity contribution >= 4 is 34.9 Å². The number of thioether (sulfide) groups is 1. The zero-order chi connectivity index (χ0) is 17.7. The summed E-state index contributed by atoms with van der Waals surface area (Å²) in [4.78, 5) is 26.0. The molecule has 2 aromatic carbocycles. The van der Waals surface area contributed by atoms with Crippen LogP contribution in [0.25, 0.3) is 0 Å². The van der Waals surface area contributed by atoms with Gasteiger partial charge in [0.05, 0.1) is 0 Å². The molecule has 126 valence electrons. The van der Waals surface area contributed by atoms with Crippen LogP contribution >= 0.6 is 23.4 Å². The summed E-state index contributed by atoms with van der Waals surface area (Å²) in [6, 6.07) is 14.5. The van der Waals surface area contributed by atoms with Crippen LogP contribution in [-0.4, -0.2) is 17.8 Å². The number of benzene rings is 2. The van der Waals surface area contributed by atoms with Crippen LogP contribution in [0.2, 0.25) is 5.02 Å². The van der Waals surface area contributed by atoms with Crippen LogP contribution in [0.3, 0.4) is 0 Å². The Hall–Kier alpha value is -1.58. The summed E-state index contributed by atoms with van der Waals surface area (Å²) in [6.07, 6.45) is 2.66. The van der Waals surface area contributed by atoms with Crippen molar-refractivity contribution in [1.82, 2.24) is 0 Å². The molecule has 2 rings (SSSR count). The van der Waals surface area contributed by atoms with Gasteiger partial charge in [-0.2, -0.15) is 0 Å². The highest BCUT2D eigenvalue weighted by Crippen LogP contribution is 2.29. The predicted molar refractivity (Wildman–Crippen MR) is 101 cm³/mol. The molecule has 0 saturated carbocycles. The van der Waals surface area contributed by atoms with Gasteiger partial charge in [0.25, 0.3) is 0 Å². The standard InChI is InChI=1S/C20H21ClO2S/c1-20(2,12-18(22)14-4-8-16(21)9-5-14)13-19(23)15-6-10-17(24-3)11-7-15/h4-11H,12-13H2,1-3H3. The van der Waals surface area contributed by atoms with Gasteiger partial charge in [-0.1, -0.05) is 37.6 Å². The maximum absolute atomic E-state index is 12.5. The smallest absolute Gasteiger partial charge is 0.163 e. The molecule has 24 heavy (non-hydrogen) atoms. The highest BCUT2D eigenvalue weighted by Gasteiger charge is 2.26. The summed E-state index contributed by atoms with van der Waals surface area (Å²) in [7, 11) is 0. The van der Waals surface area contributed by atoms with Gasteiger partial charge in [0.1, 0.15) is 0 Å². The number of rotatable bonds is 7. The summed E-state index contributed by atoms with van der Waals surface area (Å²) in [5.41, 5.74) is 0.926. The van der Waals surface area contributed by atoms with Crippen LogP contribution in [-0.2, 0) is 0 Å². The molecule has 0 aromatic heterocycles. The molecule has 0 N–H and O–H groups in total. The van der Waals surface area contributed by atoms with Gasteiger partial charge in [0.15, 0.2) is 11.6 Å². The summed E-state index contributed by atoms with van der Waals surface area (Å²) in [6.45, 7) is 3.91. The summed E-state index contributed by atoms with van der Waals surface area (Å²) < 4.78 is 0. The molecule has 0 amide bonds. The number of ketones is 2. The summed E-state index contributed by atoms with van der Waals surface area (Å²) in [5.74, 6) is 0.0961. The van der Waals surface area contributed by atoms with Gasteiger partial charge in [-0.15, -0.1) is 11.8 Å². The molecule has 0 bridgehead atoms. The minimum atomic E-state index is -0.397. The molecule has 0 heterocycles. The zero-order valence-electron chi connectivity index (χ0n) is 14.1. The van der Waals surface area contributed by atoms with Gasteiger partial charge in [0.2, 0.25) is 0 Å². The van der Waals surface area contributed by atoms with Gasteiger partial charge >= 0.3 is 0 Å². The fourth-order valence-corrected chi connectivity index (χ4v) is 3.08. The number of Topliss-reactive ketones (excluding diaryl/α,β-unsaturated/α-hetero) is 2. The number of carbonyl (C=O) groups is 2. The van der Waals surface area contributed by atoms with Crippen LogP contribution in [0.1, 0.15) is 47.4 Å². The molecule has 0 radical (unpaired) electrons. The lowest BCUT2D eigenvalue weighted by atomic mass is 9.80. The first-order valence-corrected chi connectivity index (χ1v) is 9.37. The molecule has 0 aliphatic rings. The van der Waals surface area contributed by atoms with E-state index < -0.39 is 5.41 Å². The lowest BCUT2D eigenvalue weighted by Crippen LogP contribution is -2.21. The number of hydrogen-bond donors (Lipinski definition) is 0. The highest BCUT2D eigenvalue weighted by molar-refractivity contribution is 7.98. The van der Waals surface area contributed by atoms with Gasteiger partial charge in [-0.3, -0.25) is 9.59 Å². The molecule has 0 aliphatic heterocycles. The first-order valence-electron chi connectivity index (χ1n) is 7.77. The van der Waals surface area contributed by atoms with Crippen molar-refractivity contribution in [3.8, 4) is 0 Å². The molecule has 0 unspecified atom stereocenters. The first kappa shape index (κ1) is 18.8. The molecular formula is C20H21ClO2S. The van der Waals surface area contributed by atoms with Crippen LogP contribution in [0.4, 0.5) is 0 Å². The fourth-order valence-electron chi connectivity index (χ4n) is 2.55. The van der Waals surface area contributed by atoms with E-state index in [9.17, 15) is 9.59 Å². The highest BCUT2D eigenvalue weighted by atomic mass is 35.5. The lowest BCUT2D eigenvalue weighted by molar-refractivity contribution is 0.0869. The largest absolute Gasteiger partial charge is 0.294 e. The average molecular weight is 361 g/mol. The fraction of sp³-hybridized carbons (Fsp3) is 0.300. The SMILES string of the molecule is CSc1ccc(C(=O)CC(C)(C)CC(=O)c2ccc(Cl)cc2)cc1. The third-order valence-corrected chi connectivity index (χ3v) is 4.85. The van der Waals surface area contributed by atoms with Crippen molar-refractivity contribution in [3.63, 3.8) is 0 Å². The lowest BCUT2D eigenvalue weighted by Gasteiger charge is -2.23. The Bertz CT molecular complexity index is 718. The molecule has 4 heteroatoms. The zero-order valence-corrected chi connectivity index (χ0v) is 15.7. The van der Waals surface area contributed by atoms with Crippen molar-refractivity contribution in [2.24, 2.45) is 5.41 Å². The van der Waals surface area contributed by atoms with Crippen molar-refractivity contribution in [1.29, 1.82) is 0 Å². The molecule has 2 aromatic rings. The molecule has 0 aliphatic carbocycles. The second-order valence-electron chi connectivity index (χ2n) is 6.60. The van der Waals surface area contributed by atoms with E-state index in [1.807, 2.05) is 44.4 Å². The van der Waals surface area contributed by atoms with E-state index in [4.69, 9.17) is 11.6 Å². The van der Waals surface area contributed by atoms with E-state index in [-0.39, 0.29) is 11.6 Å². The summed E-state index contributed by atoms with van der Waals surface area (Å²) >= 11 is 7.49. The predicted octanol–water partition coefficient (Wildman–Crippen LogP) is 5.93. The maximum Gasteiger partial charge on any atom is 0.163 e. The molecule has 0 spiro atoms. The second kappa shape index (κ2) is 8.00. The molecule has 2 nitrogen and oxygen atoms in total. The van der Waals surface area contributed by atoms with Crippen LogP contribution in [0.5, 0.6) is 0 Å². The number of halogens is 1. The Morgan fingerprint density at radius 2 is 1.29 bits per heavy atom. The number of carbonyl (C=O) groups excluding carboxylic acids is 2. The van der Waals surface area contributed by atoms with Crippen molar-refractivity contribution in [2.75, 3.05) is 6.26 Å². The minimum absolute atomic E-state index is 0.0298. The molecule has 0 fully saturated rings. The average Bonchev–Trinajstić information content (AvgIpc) is 2.54. The third kappa shape index (κ3) is 5.22. The van der Waals surface area contributed by atoms with Gasteiger partial charge in [-0.25, -0.2) is 0 Å². The van der Waals surface area contributed by atoms with Crippen LogP contribution in [0.15, 0.2) is 53.4 Å². The molecular weight excluding hydrogens is 340 g/mol. The monoisotopic (exact) mass is 360 g/mol. The summed E-state index contributed by atoms with van der Waals surface area (Å²) in [5, 5.41) is 0.606. The Balaban J connectivity index is 2.02. The molecule has 0 saturated heterocycles. The first-order chi connectivity index (χ1) is 11.3. The van der Waals surface area contributed by atoms with Crippen LogP contribution < -0.4 is 0 Å². The second-order valence-corrected chi connectivity index (χ2v) is 7.92. The number of hydrogen-bond acceptors (Lipinski definition) is 3. The van der Waals surface area contributed by atoms with Crippen LogP contribution in [0, 0.1) is 5.41 Å². The van der Waals surface area contributed by atoms with Crippen molar-refractivity contribution in [2.45, 2.75) is 31.6 Å². The van der Waals surface area contributed by atoms with E-state index in [0.29, 0.717) is 29.0 Å². The quantitative estimate of drug-likeness (QED) is 0.453. The minimum Gasteiger partial charge on any atom is -0.294 e. The normalized spacial score (nSPS) is 11.3. The topological polar surface area (TPSA) is 34.1 Å². The Labute approximate surface area is 152 Å². The Morgan fingerprint density at radius 1 is 0.875 bits per heavy atom.